The van der Waals surface area contributed by atoms with Gasteiger partial charge in [-0.2, -0.15) is 0 Å². The van der Waals surface area contributed by atoms with Crippen molar-refractivity contribution in [3.63, 3.8) is 0 Å². The first-order valence-electron chi connectivity index (χ1n) is 15.7. The molecule has 4 nitrogen and oxygen atoms in total. The molecule has 0 saturated heterocycles. The predicted octanol–water partition coefficient (Wildman–Crippen LogP) is 12.4. The fourth-order valence-electron chi connectivity index (χ4n) is 6.36. The van der Waals surface area contributed by atoms with Gasteiger partial charge in [-0.3, -0.25) is 0 Å². The number of rotatable bonds is 4. The Bertz CT molecular complexity index is 2590. The molecule has 0 aliphatic rings. The smallest absolute Gasteiger partial charge is 0.0972 e. The van der Waals surface area contributed by atoms with E-state index in [9.17, 15) is 0 Å². The molecule has 4 aromatic heterocycles. The van der Waals surface area contributed by atoms with Crippen LogP contribution in [-0.4, -0.2) is 19.9 Å². The van der Waals surface area contributed by atoms with Crippen LogP contribution in [0.1, 0.15) is 0 Å². The highest BCUT2D eigenvalue weighted by atomic mass is 127. The fourth-order valence-corrected chi connectivity index (χ4v) is 8.12. The molecule has 0 atom stereocenters. The second kappa shape index (κ2) is 12.7. The lowest BCUT2D eigenvalue weighted by Gasteiger charge is -2.11. The Morgan fingerprint density at radius 3 is 0.939 bits per heavy atom. The summed E-state index contributed by atoms with van der Waals surface area (Å²) in [6, 6.07) is 48.9. The van der Waals surface area contributed by atoms with Crippen molar-refractivity contribution in [2.75, 3.05) is 0 Å². The van der Waals surface area contributed by atoms with Crippen molar-refractivity contribution in [3.8, 4) is 45.0 Å². The summed E-state index contributed by atoms with van der Waals surface area (Å²) in [4.78, 5) is 20.7. The number of benzene rings is 5. The van der Waals surface area contributed by atoms with Gasteiger partial charge in [0.25, 0.3) is 0 Å². The van der Waals surface area contributed by atoms with Gasteiger partial charge in [0, 0.05) is 54.5 Å². The SMILES string of the molecule is Ic1cccc(-c2ccc3ccc4ccc(-c5cc(I)cc(-c6ccc7ccc8ccc(-c9cccc(I)c9)nc8c7n6)c5)nc4c3n2)c1. The zero-order valence-electron chi connectivity index (χ0n) is 25.7. The molecule has 0 bridgehead atoms. The molecule has 0 aliphatic heterocycles. The third-order valence-corrected chi connectivity index (χ3v) is 10.7. The maximum atomic E-state index is 5.24. The molecular weight excluding hydrogens is 941 g/mol. The van der Waals surface area contributed by atoms with E-state index in [-0.39, 0.29) is 0 Å². The van der Waals surface area contributed by atoms with Gasteiger partial charge in [-0.15, -0.1) is 0 Å². The van der Waals surface area contributed by atoms with Crippen LogP contribution < -0.4 is 0 Å². The molecule has 0 saturated carbocycles. The van der Waals surface area contributed by atoms with Crippen LogP contribution in [-0.2, 0) is 0 Å². The van der Waals surface area contributed by atoms with Gasteiger partial charge in [0.2, 0.25) is 0 Å². The second-order valence-electron chi connectivity index (χ2n) is 12.0. The molecule has 232 valence electrons. The van der Waals surface area contributed by atoms with E-state index in [1.807, 2.05) is 0 Å². The fraction of sp³-hybridized carbons (Fsp3) is 0. The van der Waals surface area contributed by atoms with Crippen molar-refractivity contribution < 1.29 is 0 Å². The van der Waals surface area contributed by atoms with Crippen LogP contribution in [0.5, 0.6) is 0 Å². The van der Waals surface area contributed by atoms with Crippen molar-refractivity contribution in [1.82, 2.24) is 19.9 Å². The first-order chi connectivity index (χ1) is 23.9. The lowest BCUT2D eigenvalue weighted by Crippen LogP contribution is -1.93. The Morgan fingerprint density at radius 2 is 0.592 bits per heavy atom. The van der Waals surface area contributed by atoms with Crippen LogP contribution in [0.4, 0.5) is 0 Å². The molecule has 49 heavy (non-hydrogen) atoms. The summed E-state index contributed by atoms with van der Waals surface area (Å²) in [6.07, 6.45) is 0. The maximum absolute atomic E-state index is 5.24. The van der Waals surface area contributed by atoms with E-state index >= 15 is 0 Å². The summed E-state index contributed by atoms with van der Waals surface area (Å²) < 4.78 is 3.48. The summed E-state index contributed by atoms with van der Waals surface area (Å²) in [6.45, 7) is 0. The van der Waals surface area contributed by atoms with Crippen molar-refractivity contribution in [3.05, 3.63) is 150 Å². The quantitative estimate of drug-likeness (QED) is 0.130. The minimum atomic E-state index is 0.896. The zero-order valence-corrected chi connectivity index (χ0v) is 32.2. The normalized spacial score (nSPS) is 11.6. The van der Waals surface area contributed by atoms with E-state index in [0.717, 1.165) is 92.2 Å². The molecule has 0 amide bonds. The number of fused-ring (bicyclic) bond motifs is 6. The third kappa shape index (κ3) is 5.95. The van der Waals surface area contributed by atoms with Gasteiger partial charge in [0.1, 0.15) is 0 Å². The minimum absolute atomic E-state index is 0.896. The highest BCUT2D eigenvalue weighted by molar-refractivity contribution is 14.1. The van der Waals surface area contributed by atoms with Crippen molar-refractivity contribution in [2.45, 2.75) is 0 Å². The van der Waals surface area contributed by atoms with E-state index in [2.05, 4.69) is 207 Å². The lowest BCUT2D eigenvalue weighted by atomic mass is 10.0. The molecule has 0 N–H and O–H groups in total. The van der Waals surface area contributed by atoms with Crippen LogP contribution in [0.15, 0.2) is 140 Å². The predicted molar refractivity (Wildman–Crippen MR) is 228 cm³/mol. The summed E-state index contributed by atoms with van der Waals surface area (Å²) in [5, 5.41) is 4.27. The van der Waals surface area contributed by atoms with E-state index in [4.69, 9.17) is 19.9 Å². The molecular formula is C42H23I3N4. The van der Waals surface area contributed by atoms with E-state index in [0.29, 0.717) is 0 Å². The molecule has 9 aromatic rings. The average Bonchev–Trinajstić information content (AvgIpc) is 3.13. The number of hydrogen-bond acceptors (Lipinski definition) is 4. The Kier molecular flexibility index (Phi) is 8.00. The highest BCUT2D eigenvalue weighted by Gasteiger charge is 2.13. The Hall–Kier alpha value is -4.07. The minimum Gasteiger partial charge on any atom is -0.245 e. The van der Waals surface area contributed by atoms with Crippen LogP contribution in [0.25, 0.3) is 88.6 Å². The third-order valence-electron chi connectivity index (χ3n) is 8.77. The molecule has 9 rings (SSSR count). The summed E-state index contributed by atoms with van der Waals surface area (Å²) in [5.41, 5.74) is 11.6. The summed E-state index contributed by atoms with van der Waals surface area (Å²) in [7, 11) is 0. The second-order valence-corrected chi connectivity index (χ2v) is 15.7. The molecule has 0 unspecified atom stereocenters. The number of halogens is 3. The standard InChI is InChI=1S/C42H23I3N4/c43-32-5-1-3-28(20-32)35-15-11-24-7-9-26-13-17-37(48-41(26)39(24)46-35)30-19-31(23-34(45)22-30)38-18-14-27-10-8-25-12-16-36(47-40(25)42(27)49-38)29-4-2-6-33(44)21-29/h1-23H. The number of aromatic nitrogens is 4. The molecule has 4 heterocycles. The van der Waals surface area contributed by atoms with Gasteiger partial charge < -0.3 is 0 Å². The molecule has 0 aliphatic carbocycles. The van der Waals surface area contributed by atoms with Gasteiger partial charge in [-0.1, -0.05) is 72.8 Å². The molecule has 5 aromatic carbocycles. The molecule has 7 heteroatoms. The topological polar surface area (TPSA) is 51.6 Å². The van der Waals surface area contributed by atoms with Crippen molar-refractivity contribution in [1.29, 1.82) is 0 Å². The number of hydrogen-bond donors (Lipinski definition) is 0. The van der Waals surface area contributed by atoms with E-state index < -0.39 is 0 Å². The van der Waals surface area contributed by atoms with Crippen LogP contribution in [0, 0.1) is 10.7 Å². The van der Waals surface area contributed by atoms with Gasteiger partial charge >= 0.3 is 0 Å². The first kappa shape index (κ1) is 30.9. The maximum Gasteiger partial charge on any atom is 0.0972 e. The zero-order chi connectivity index (χ0) is 33.1. The molecule has 0 spiro atoms. The van der Waals surface area contributed by atoms with E-state index in [1.165, 1.54) is 7.14 Å². The average molecular weight is 964 g/mol. The molecule has 0 radical (unpaired) electrons. The van der Waals surface area contributed by atoms with Crippen LogP contribution in [0.2, 0.25) is 0 Å². The largest absolute Gasteiger partial charge is 0.245 e. The lowest BCUT2D eigenvalue weighted by molar-refractivity contribution is 1.35. The van der Waals surface area contributed by atoms with Gasteiger partial charge in [0.05, 0.1) is 44.8 Å². The highest BCUT2D eigenvalue weighted by Crippen LogP contribution is 2.34. The summed E-state index contributed by atoms with van der Waals surface area (Å²) in [5.74, 6) is 0. The van der Waals surface area contributed by atoms with E-state index in [1.54, 1.807) is 0 Å². The Morgan fingerprint density at radius 1 is 0.286 bits per heavy atom. The number of pyridine rings is 4. The number of nitrogens with zero attached hydrogens (tertiary/aromatic N) is 4. The molecule has 0 fully saturated rings. The monoisotopic (exact) mass is 964 g/mol. The van der Waals surface area contributed by atoms with Gasteiger partial charge in [-0.05, 0) is 135 Å². The van der Waals surface area contributed by atoms with Crippen molar-refractivity contribution >= 4 is 111 Å². The summed E-state index contributed by atoms with van der Waals surface area (Å²) >= 11 is 7.09. The van der Waals surface area contributed by atoms with Crippen LogP contribution in [0.3, 0.4) is 0 Å². The first-order valence-corrected chi connectivity index (χ1v) is 18.9. The van der Waals surface area contributed by atoms with Gasteiger partial charge in [-0.25, -0.2) is 19.9 Å². The van der Waals surface area contributed by atoms with Crippen LogP contribution >= 0.6 is 67.8 Å². The van der Waals surface area contributed by atoms with Gasteiger partial charge in [0.15, 0.2) is 0 Å². The van der Waals surface area contributed by atoms with Crippen molar-refractivity contribution in [2.24, 2.45) is 0 Å². The Balaban J connectivity index is 1.16. The Labute approximate surface area is 323 Å².